The first-order valence-electron chi connectivity index (χ1n) is 13.6. The molecule has 1 saturated carbocycles. The molecular formula is C29H33FN8O. The Hall–Kier alpha value is -3.89. The quantitative estimate of drug-likeness (QED) is 0.335. The molecule has 2 atom stereocenters. The highest BCUT2D eigenvalue weighted by molar-refractivity contribution is 5.45. The Bertz CT molecular complexity index is 1440. The fourth-order valence-electron chi connectivity index (χ4n) is 5.23. The molecule has 2 aromatic carbocycles. The maximum absolute atomic E-state index is 13.6. The lowest BCUT2D eigenvalue weighted by Crippen LogP contribution is -2.47. The van der Waals surface area contributed by atoms with Gasteiger partial charge >= 0.3 is 0 Å². The molecule has 1 N–H and O–H groups in total. The minimum Gasteiger partial charge on any atom is -0.349 e. The van der Waals surface area contributed by atoms with Crippen molar-refractivity contribution in [1.82, 2.24) is 34.8 Å². The summed E-state index contributed by atoms with van der Waals surface area (Å²) >= 11 is 0. The minimum absolute atomic E-state index is 0.102. The van der Waals surface area contributed by atoms with Crippen molar-refractivity contribution in [3.05, 3.63) is 94.5 Å². The van der Waals surface area contributed by atoms with Crippen molar-refractivity contribution in [2.24, 2.45) is 0 Å². The molecule has 202 valence electrons. The molecule has 6 rings (SSSR count). The number of hydrogen-bond acceptors (Lipinski definition) is 7. The average molecular weight is 529 g/mol. The van der Waals surface area contributed by atoms with Gasteiger partial charge in [-0.15, -0.1) is 5.10 Å². The van der Waals surface area contributed by atoms with Crippen LogP contribution in [0.2, 0.25) is 0 Å². The van der Waals surface area contributed by atoms with Crippen molar-refractivity contribution in [3.63, 3.8) is 0 Å². The van der Waals surface area contributed by atoms with Crippen LogP contribution in [0.1, 0.15) is 30.0 Å². The summed E-state index contributed by atoms with van der Waals surface area (Å²) in [6.07, 6.45) is 8.05. The first kappa shape index (κ1) is 25.4. The van der Waals surface area contributed by atoms with E-state index in [1.165, 1.54) is 17.7 Å². The molecule has 39 heavy (non-hydrogen) atoms. The zero-order valence-corrected chi connectivity index (χ0v) is 22.1. The van der Waals surface area contributed by atoms with Crippen molar-refractivity contribution in [1.29, 1.82) is 0 Å². The molecule has 2 fully saturated rings. The van der Waals surface area contributed by atoms with E-state index in [0.717, 1.165) is 69.1 Å². The van der Waals surface area contributed by atoms with Gasteiger partial charge in [0, 0.05) is 50.0 Å². The molecule has 4 aromatic rings. The van der Waals surface area contributed by atoms with Gasteiger partial charge in [0.05, 0.1) is 23.8 Å². The zero-order valence-electron chi connectivity index (χ0n) is 22.1. The summed E-state index contributed by atoms with van der Waals surface area (Å²) in [6, 6.07) is 15.0. The van der Waals surface area contributed by atoms with E-state index in [2.05, 4.69) is 32.5 Å². The fraction of sp³-hybridized carbons (Fsp3) is 0.379. The molecule has 0 unspecified atom stereocenters. The highest BCUT2D eigenvalue weighted by Crippen LogP contribution is 2.40. The number of nitrogens with one attached hydrogen (secondary N) is 1. The molecule has 3 heterocycles. The number of likely N-dealkylation sites (N-methyl/N-ethyl adjacent to an activating group) is 1. The number of anilines is 1. The maximum Gasteiger partial charge on any atom is 0.298 e. The van der Waals surface area contributed by atoms with Crippen LogP contribution in [-0.2, 0) is 6.42 Å². The van der Waals surface area contributed by atoms with Gasteiger partial charge in [-0.05, 0) is 74.8 Å². The van der Waals surface area contributed by atoms with Crippen molar-refractivity contribution in [3.8, 4) is 11.4 Å². The van der Waals surface area contributed by atoms with E-state index < -0.39 is 0 Å². The van der Waals surface area contributed by atoms with E-state index in [1.54, 1.807) is 21.6 Å². The van der Waals surface area contributed by atoms with Crippen LogP contribution in [0.15, 0.2) is 71.9 Å². The molecule has 0 bridgehead atoms. The lowest BCUT2D eigenvalue weighted by Gasteiger charge is -2.33. The van der Waals surface area contributed by atoms with Crippen LogP contribution in [0.5, 0.6) is 0 Å². The van der Waals surface area contributed by atoms with Gasteiger partial charge in [0.15, 0.2) is 5.82 Å². The van der Waals surface area contributed by atoms with E-state index in [-0.39, 0.29) is 11.4 Å². The smallest absolute Gasteiger partial charge is 0.298 e. The SMILES string of the molecule is CN1CCN(c2nc(CCCN[C@@H]3C[C@H]3c3ccc(F)cc3)cn(-c3ccc(-n4ccnn4)cc3)c2=O)CC1. The normalized spacial score (nSPS) is 19.4. The Morgan fingerprint density at radius 1 is 1.00 bits per heavy atom. The van der Waals surface area contributed by atoms with Gasteiger partial charge in [-0.2, -0.15) is 0 Å². The number of aryl methyl sites for hydroxylation is 1. The summed E-state index contributed by atoms with van der Waals surface area (Å²) in [5.74, 6) is 0.780. The minimum atomic E-state index is -0.195. The van der Waals surface area contributed by atoms with Gasteiger partial charge in [-0.25, -0.2) is 14.1 Å². The summed E-state index contributed by atoms with van der Waals surface area (Å²) in [4.78, 5) is 22.9. The van der Waals surface area contributed by atoms with Crippen LogP contribution in [0.3, 0.4) is 0 Å². The number of aromatic nitrogens is 5. The molecule has 9 nitrogen and oxygen atoms in total. The molecule has 1 aliphatic carbocycles. The summed E-state index contributed by atoms with van der Waals surface area (Å²) in [5.41, 5.74) is 3.66. The third kappa shape index (κ3) is 5.76. The van der Waals surface area contributed by atoms with Gasteiger partial charge in [0.2, 0.25) is 0 Å². The Morgan fingerprint density at radius 3 is 2.46 bits per heavy atom. The van der Waals surface area contributed by atoms with Crippen LogP contribution >= 0.6 is 0 Å². The van der Waals surface area contributed by atoms with Gasteiger partial charge in [0.1, 0.15) is 5.82 Å². The number of benzene rings is 2. The second-order valence-electron chi connectivity index (χ2n) is 10.4. The highest BCUT2D eigenvalue weighted by Gasteiger charge is 2.37. The summed E-state index contributed by atoms with van der Waals surface area (Å²) in [6.45, 7) is 4.22. The largest absolute Gasteiger partial charge is 0.349 e. The van der Waals surface area contributed by atoms with Gasteiger partial charge in [-0.1, -0.05) is 17.3 Å². The van der Waals surface area contributed by atoms with Gasteiger partial charge in [-0.3, -0.25) is 9.36 Å². The molecule has 0 amide bonds. The molecule has 1 saturated heterocycles. The number of piperazine rings is 1. The average Bonchev–Trinajstić information content (AvgIpc) is 3.51. The van der Waals surface area contributed by atoms with Crippen LogP contribution in [0.25, 0.3) is 11.4 Å². The van der Waals surface area contributed by atoms with E-state index in [1.807, 2.05) is 42.6 Å². The highest BCUT2D eigenvalue weighted by atomic mass is 19.1. The molecule has 2 aromatic heterocycles. The Morgan fingerprint density at radius 2 is 1.74 bits per heavy atom. The lowest BCUT2D eigenvalue weighted by molar-refractivity contribution is 0.311. The summed E-state index contributed by atoms with van der Waals surface area (Å²) in [5, 5.41) is 11.5. The molecule has 10 heteroatoms. The molecule has 0 spiro atoms. The standard InChI is InChI=1S/C29H33FN8O/c1-35-15-17-36(18-16-35)28-29(39)37(24-8-10-25(11-9-24)38-14-13-32-34-38)20-23(33-28)3-2-12-31-27-19-26(27)21-4-6-22(30)7-5-21/h4-11,13-14,20,26-27,31H,2-3,12,15-19H2,1H3/t26-,27+/m0/s1. The van der Waals surface area contributed by atoms with E-state index in [9.17, 15) is 9.18 Å². The third-order valence-electron chi connectivity index (χ3n) is 7.66. The van der Waals surface area contributed by atoms with Gasteiger partial charge in [0.25, 0.3) is 5.56 Å². The Kier molecular flexibility index (Phi) is 7.21. The summed E-state index contributed by atoms with van der Waals surface area (Å²) < 4.78 is 16.6. The third-order valence-corrected chi connectivity index (χ3v) is 7.66. The first-order valence-corrected chi connectivity index (χ1v) is 13.6. The molecule has 1 aliphatic heterocycles. The number of rotatable bonds is 9. The van der Waals surface area contributed by atoms with Crippen molar-refractivity contribution < 1.29 is 4.39 Å². The maximum atomic E-state index is 13.6. The first-order chi connectivity index (χ1) is 19.0. The number of halogens is 1. The fourth-order valence-corrected chi connectivity index (χ4v) is 5.23. The van der Waals surface area contributed by atoms with Crippen LogP contribution in [-0.4, -0.2) is 75.3 Å². The molecular weight excluding hydrogens is 495 g/mol. The zero-order chi connectivity index (χ0) is 26.8. The predicted octanol–water partition coefficient (Wildman–Crippen LogP) is 2.78. The topological polar surface area (TPSA) is 84.1 Å². The van der Waals surface area contributed by atoms with Crippen LogP contribution in [0, 0.1) is 5.82 Å². The Balaban J connectivity index is 1.16. The second-order valence-corrected chi connectivity index (χ2v) is 10.4. The van der Waals surface area contributed by atoms with Crippen molar-refractivity contribution in [2.45, 2.75) is 31.2 Å². The number of nitrogens with zero attached hydrogens (tertiary/aromatic N) is 7. The number of hydrogen-bond donors (Lipinski definition) is 1. The van der Waals surface area contributed by atoms with Crippen LogP contribution in [0.4, 0.5) is 10.2 Å². The predicted molar refractivity (Wildman–Crippen MR) is 148 cm³/mol. The second kappa shape index (κ2) is 11.1. The lowest BCUT2D eigenvalue weighted by atomic mass is 10.1. The van der Waals surface area contributed by atoms with E-state index in [4.69, 9.17) is 4.98 Å². The summed E-state index contributed by atoms with van der Waals surface area (Å²) in [7, 11) is 2.10. The van der Waals surface area contributed by atoms with Gasteiger partial charge < -0.3 is 15.1 Å². The Labute approximate surface area is 226 Å². The monoisotopic (exact) mass is 528 g/mol. The van der Waals surface area contributed by atoms with E-state index in [0.29, 0.717) is 17.8 Å². The molecule has 2 aliphatic rings. The van der Waals surface area contributed by atoms with Crippen LogP contribution < -0.4 is 15.8 Å². The van der Waals surface area contributed by atoms with Crippen molar-refractivity contribution in [2.75, 3.05) is 44.7 Å². The molecule has 0 radical (unpaired) electrons. The van der Waals surface area contributed by atoms with Crippen molar-refractivity contribution >= 4 is 5.82 Å². The van der Waals surface area contributed by atoms with E-state index >= 15 is 0 Å².